The molecule has 1 aromatic rings. The number of ether oxygens (including phenoxy) is 3. The first-order chi connectivity index (χ1) is 9.52. The van der Waals surface area contributed by atoms with E-state index in [1.54, 1.807) is 7.11 Å². The molecular weight excluding hydrogens is 268 g/mol. The summed E-state index contributed by atoms with van der Waals surface area (Å²) in [7, 11) is 3.73. The first-order valence-corrected chi connectivity index (χ1v) is 5.89. The standard InChI is InChI=1S/C12H14NO3.NO3/c1-13-4-3-8-5-10-12(16-7-15-10)11(14-2)9(8)6-13;2-1(3)4/h5-6H,3-4,7H2,1-2H3;/q+1;-1. The summed E-state index contributed by atoms with van der Waals surface area (Å²) in [6, 6.07) is 2.06. The van der Waals surface area contributed by atoms with Crippen molar-refractivity contribution in [3.8, 4) is 17.2 Å². The van der Waals surface area contributed by atoms with Crippen molar-refractivity contribution in [2.24, 2.45) is 0 Å². The van der Waals surface area contributed by atoms with Crippen molar-refractivity contribution in [3.63, 3.8) is 0 Å². The van der Waals surface area contributed by atoms with E-state index in [2.05, 4.69) is 23.9 Å². The van der Waals surface area contributed by atoms with Crippen LogP contribution in [-0.4, -0.2) is 43.4 Å². The Labute approximate surface area is 114 Å². The number of hydrogen-bond acceptors (Lipinski definition) is 6. The van der Waals surface area contributed by atoms with Crippen LogP contribution in [0, 0.1) is 15.3 Å². The summed E-state index contributed by atoms with van der Waals surface area (Å²) >= 11 is 0. The second-order valence-corrected chi connectivity index (χ2v) is 4.30. The highest BCUT2D eigenvalue weighted by Gasteiger charge is 2.27. The summed E-state index contributed by atoms with van der Waals surface area (Å²) < 4.78 is 18.4. The van der Waals surface area contributed by atoms with Gasteiger partial charge in [0.15, 0.2) is 17.7 Å². The van der Waals surface area contributed by atoms with Gasteiger partial charge in [0.2, 0.25) is 12.5 Å². The largest absolute Gasteiger partial charge is 0.492 e. The molecule has 0 atom stereocenters. The number of fused-ring (bicyclic) bond motifs is 2. The molecule has 0 spiro atoms. The van der Waals surface area contributed by atoms with E-state index in [9.17, 15) is 0 Å². The van der Waals surface area contributed by atoms with Crippen molar-refractivity contribution in [1.82, 2.24) is 0 Å². The van der Waals surface area contributed by atoms with Gasteiger partial charge in [-0.15, -0.1) is 0 Å². The smallest absolute Gasteiger partial charge is 0.231 e. The molecule has 0 fully saturated rings. The van der Waals surface area contributed by atoms with Crippen LogP contribution >= 0.6 is 0 Å². The molecule has 8 nitrogen and oxygen atoms in total. The zero-order valence-corrected chi connectivity index (χ0v) is 11.1. The van der Waals surface area contributed by atoms with Gasteiger partial charge in [-0.3, -0.25) is 0 Å². The number of methoxy groups -OCH3 is 1. The van der Waals surface area contributed by atoms with Gasteiger partial charge in [-0.05, 0) is 11.6 Å². The lowest BCUT2D eigenvalue weighted by atomic mass is 10.0. The monoisotopic (exact) mass is 282 g/mol. The van der Waals surface area contributed by atoms with Crippen LogP contribution in [0.15, 0.2) is 6.07 Å². The molecule has 2 aliphatic heterocycles. The van der Waals surface area contributed by atoms with Crippen molar-refractivity contribution in [2.45, 2.75) is 6.42 Å². The minimum Gasteiger partial charge on any atom is -0.492 e. The Bertz CT molecular complexity index is 566. The van der Waals surface area contributed by atoms with Crippen molar-refractivity contribution in [2.75, 3.05) is 27.5 Å². The van der Waals surface area contributed by atoms with E-state index < -0.39 is 5.09 Å². The number of hydrogen-bond donors (Lipinski definition) is 0. The van der Waals surface area contributed by atoms with Crippen molar-refractivity contribution < 1.29 is 23.9 Å². The van der Waals surface area contributed by atoms with Crippen molar-refractivity contribution in [1.29, 1.82) is 0 Å². The Kier molecular flexibility index (Phi) is 3.92. The van der Waals surface area contributed by atoms with Gasteiger partial charge in [0.05, 0.1) is 17.8 Å². The normalized spacial score (nSPS) is 14.6. The summed E-state index contributed by atoms with van der Waals surface area (Å²) in [6.07, 6.45) is 3.11. The third kappa shape index (κ3) is 2.73. The van der Waals surface area contributed by atoms with E-state index in [0.717, 1.165) is 35.8 Å². The second-order valence-electron chi connectivity index (χ2n) is 4.30. The molecule has 0 N–H and O–H groups in total. The van der Waals surface area contributed by atoms with Crippen LogP contribution in [0.2, 0.25) is 0 Å². The van der Waals surface area contributed by atoms with Crippen molar-refractivity contribution >= 4 is 6.21 Å². The second kappa shape index (κ2) is 5.64. The van der Waals surface area contributed by atoms with Crippen molar-refractivity contribution in [3.05, 3.63) is 32.5 Å². The van der Waals surface area contributed by atoms with Crippen LogP contribution in [0.25, 0.3) is 0 Å². The maximum Gasteiger partial charge on any atom is 0.231 e. The number of rotatable bonds is 1. The number of nitrogens with zero attached hydrogens (tertiary/aromatic N) is 2. The lowest BCUT2D eigenvalue weighted by Gasteiger charge is -2.15. The fourth-order valence-electron chi connectivity index (χ4n) is 2.21. The van der Waals surface area contributed by atoms with Gasteiger partial charge in [-0.1, -0.05) is 0 Å². The molecule has 0 aliphatic carbocycles. The van der Waals surface area contributed by atoms with Gasteiger partial charge in [0.1, 0.15) is 13.6 Å². The van der Waals surface area contributed by atoms with Crippen LogP contribution in [0.1, 0.15) is 11.1 Å². The highest BCUT2D eigenvalue weighted by Crippen LogP contribution is 2.44. The first kappa shape index (κ1) is 13.9. The molecule has 108 valence electrons. The maximum absolute atomic E-state index is 8.25. The summed E-state index contributed by atoms with van der Waals surface area (Å²) in [5.74, 6) is 2.32. The van der Waals surface area contributed by atoms with Gasteiger partial charge in [-0.25, -0.2) is 4.58 Å². The molecule has 0 saturated carbocycles. The van der Waals surface area contributed by atoms with Gasteiger partial charge in [0, 0.05) is 6.42 Å². The summed E-state index contributed by atoms with van der Waals surface area (Å²) in [4.78, 5) is 8.25. The van der Waals surface area contributed by atoms with Gasteiger partial charge in [0.25, 0.3) is 0 Å². The molecule has 0 radical (unpaired) electrons. The molecule has 0 amide bonds. The Morgan fingerprint density at radius 3 is 2.75 bits per heavy atom. The Balaban J connectivity index is 0.000000328. The Hall–Kier alpha value is -2.51. The fourth-order valence-corrected chi connectivity index (χ4v) is 2.21. The van der Waals surface area contributed by atoms with Gasteiger partial charge >= 0.3 is 0 Å². The summed E-state index contributed by atoms with van der Waals surface area (Å²) in [5, 5.41) is 14.8. The maximum atomic E-state index is 8.25. The van der Waals surface area contributed by atoms with Crippen LogP contribution < -0.4 is 14.2 Å². The van der Waals surface area contributed by atoms with E-state index in [4.69, 9.17) is 29.5 Å². The summed E-state index contributed by atoms with van der Waals surface area (Å²) in [5.41, 5.74) is 2.37. The SMILES string of the molecule is COc1c2c(cc3c1OCO3)CC[N+](C)=C2.O=[N+]([O-])[O-]. The van der Waals surface area contributed by atoms with Crippen LogP contribution in [0.3, 0.4) is 0 Å². The first-order valence-electron chi connectivity index (χ1n) is 5.89. The average Bonchev–Trinajstić information content (AvgIpc) is 2.83. The minimum absolute atomic E-state index is 0.282. The fraction of sp³-hybridized carbons (Fsp3) is 0.417. The topological polar surface area (TPSA) is 96.9 Å². The van der Waals surface area contributed by atoms with E-state index in [1.165, 1.54) is 5.56 Å². The zero-order chi connectivity index (χ0) is 14.7. The van der Waals surface area contributed by atoms with Gasteiger partial charge in [-0.2, -0.15) is 0 Å². The number of benzene rings is 1. The molecule has 2 heterocycles. The molecular formula is C12H14N2O6. The Morgan fingerprint density at radius 2 is 2.10 bits per heavy atom. The quantitative estimate of drug-likeness (QED) is 0.429. The molecule has 0 saturated heterocycles. The average molecular weight is 282 g/mol. The molecule has 0 bridgehead atoms. The minimum atomic E-state index is -1.75. The molecule has 1 aromatic carbocycles. The zero-order valence-electron chi connectivity index (χ0n) is 11.1. The number of likely N-dealkylation sites (N-methyl/N-ethyl adjacent to an activating group) is 1. The van der Waals surface area contributed by atoms with Crippen LogP contribution in [-0.2, 0) is 6.42 Å². The molecule has 3 rings (SSSR count). The third-order valence-electron chi connectivity index (χ3n) is 3.03. The highest BCUT2D eigenvalue weighted by molar-refractivity contribution is 5.86. The molecule has 20 heavy (non-hydrogen) atoms. The van der Waals surface area contributed by atoms with E-state index in [0.29, 0.717) is 0 Å². The lowest BCUT2D eigenvalue weighted by Crippen LogP contribution is -2.19. The lowest BCUT2D eigenvalue weighted by molar-refractivity contribution is -0.493. The molecule has 0 unspecified atom stereocenters. The van der Waals surface area contributed by atoms with Crippen LogP contribution in [0.4, 0.5) is 0 Å². The molecule has 2 aliphatic rings. The molecule has 8 heteroatoms. The van der Waals surface area contributed by atoms with Crippen LogP contribution in [0.5, 0.6) is 17.2 Å². The van der Waals surface area contributed by atoms with E-state index >= 15 is 0 Å². The van der Waals surface area contributed by atoms with Gasteiger partial charge < -0.3 is 29.5 Å². The highest BCUT2D eigenvalue weighted by atomic mass is 16.9. The summed E-state index contributed by atoms with van der Waals surface area (Å²) in [6.45, 7) is 1.31. The predicted octanol–water partition coefficient (Wildman–Crippen LogP) is 0.802. The van der Waals surface area contributed by atoms with E-state index in [-0.39, 0.29) is 6.79 Å². The van der Waals surface area contributed by atoms with E-state index in [1.807, 2.05) is 0 Å². The molecule has 0 aromatic heterocycles. The Morgan fingerprint density at radius 1 is 1.40 bits per heavy atom. The predicted molar refractivity (Wildman–Crippen MR) is 69.4 cm³/mol. The third-order valence-corrected chi connectivity index (χ3v) is 3.03.